The van der Waals surface area contributed by atoms with E-state index in [1.165, 1.54) is 0 Å². The van der Waals surface area contributed by atoms with Crippen LogP contribution in [0, 0.1) is 16.7 Å². The van der Waals surface area contributed by atoms with Gasteiger partial charge in [-0.1, -0.05) is 6.92 Å². The van der Waals surface area contributed by atoms with Crippen molar-refractivity contribution in [1.29, 1.82) is 5.26 Å². The zero-order valence-electron chi connectivity index (χ0n) is 11.6. The summed E-state index contributed by atoms with van der Waals surface area (Å²) in [4.78, 5) is 6.57. The van der Waals surface area contributed by atoms with E-state index >= 15 is 0 Å². The van der Waals surface area contributed by atoms with E-state index in [-0.39, 0.29) is 5.41 Å². The molecule has 0 atom stereocenters. The Morgan fingerprint density at radius 1 is 1.53 bits per heavy atom. The lowest BCUT2D eigenvalue weighted by Gasteiger charge is -2.38. The average Bonchev–Trinajstić information content (AvgIpc) is 2.41. The molecule has 0 amide bonds. The summed E-state index contributed by atoms with van der Waals surface area (Å²) in [6.07, 6.45) is 3.94. The molecule has 1 aliphatic heterocycles. The Kier molecular flexibility index (Phi) is 3.91. The highest BCUT2D eigenvalue weighted by Gasteiger charge is 2.28. The smallest absolute Gasteiger partial charge is 0.150 e. The molecule has 0 unspecified atom stereocenters. The Bertz CT molecular complexity index is 483. The number of nitrogens with one attached hydrogen (secondary N) is 1. The number of piperidine rings is 1. The minimum atomic E-state index is 0.267. The molecule has 1 fully saturated rings. The van der Waals surface area contributed by atoms with Gasteiger partial charge in [-0.05, 0) is 44.5 Å². The molecule has 1 aromatic rings. The van der Waals surface area contributed by atoms with Crippen molar-refractivity contribution in [3.05, 3.63) is 17.8 Å². The highest BCUT2D eigenvalue weighted by atomic mass is 15.1. The molecule has 2 heterocycles. The molecule has 0 aliphatic carbocycles. The van der Waals surface area contributed by atoms with Crippen molar-refractivity contribution in [2.45, 2.75) is 19.8 Å². The maximum atomic E-state index is 8.95. The second-order valence-electron chi connectivity index (χ2n) is 5.70. The molecule has 0 radical (unpaired) electrons. The van der Waals surface area contributed by atoms with Gasteiger partial charge in [-0.3, -0.25) is 0 Å². The molecule has 0 aromatic carbocycles. The fraction of sp³-hybridized carbons (Fsp3) is 0.571. The molecule has 1 saturated heterocycles. The third kappa shape index (κ3) is 3.15. The zero-order chi connectivity index (χ0) is 13.9. The van der Waals surface area contributed by atoms with Crippen LogP contribution in [0.4, 0.5) is 11.5 Å². The van der Waals surface area contributed by atoms with Gasteiger partial charge in [0.25, 0.3) is 0 Å². The van der Waals surface area contributed by atoms with Crippen LogP contribution in [0.25, 0.3) is 0 Å². The maximum absolute atomic E-state index is 8.95. The number of hydrogen-bond acceptors (Lipinski definition) is 5. The summed E-state index contributed by atoms with van der Waals surface area (Å²) in [6.45, 7) is 5.38. The van der Waals surface area contributed by atoms with Gasteiger partial charge in [0.2, 0.25) is 0 Å². The molecular formula is C14H21N5. The van der Waals surface area contributed by atoms with Gasteiger partial charge in [0.15, 0.2) is 5.82 Å². The predicted octanol–water partition coefficient (Wildman–Crippen LogP) is 1.68. The summed E-state index contributed by atoms with van der Waals surface area (Å²) in [7, 11) is 2.16. The molecule has 0 spiro atoms. The number of rotatable bonds is 3. The van der Waals surface area contributed by atoms with Crippen LogP contribution in [-0.2, 0) is 0 Å². The third-order valence-electron chi connectivity index (χ3n) is 3.99. The van der Waals surface area contributed by atoms with Gasteiger partial charge in [0.1, 0.15) is 6.07 Å². The second kappa shape index (κ2) is 5.45. The van der Waals surface area contributed by atoms with Gasteiger partial charge in [-0.25, -0.2) is 4.98 Å². The molecule has 0 bridgehead atoms. The number of likely N-dealkylation sites (tertiary alicyclic amines) is 1. The molecular weight excluding hydrogens is 238 g/mol. The number of pyridine rings is 1. The van der Waals surface area contributed by atoms with Crippen molar-refractivity contribution in [2.24, 2.45) is 5.41 Å². The Hall–Kier alpha value is -1.80. The fourth-order valence-corrected chi connectivity index (χ4v) is 2.34. The van der Waals surface area contributed by atoms with Gasteiger partial charge < -0.3 is 16.0 Å². The van der Waals surface area contributed by atoms with E-state index in [0.717, 1.165) is 32.5 Å². The third-order valence-corrected chi connectivity index (χ3v) is 3.99. The lowest BCUT2D eigenvalue weighted by molar-refractivity contribution is 0.150. The van der Waals surface area contributed by atoms with Crippen molar-refractivity contribution in [2.75, 3.05) is 37.7 Å². The lowest BCUT2D eigenvalue weighted by atomic mass is 9.80. The van der Waals surface area contributed by atoms with Crippen molar-refractivity contribution in [3.8, 4) is 6.07 Å². The molecule has 5 heteroatoms. The summed E-state index contributed by atoms with van der Waals surface area (Å²) >= 11 is 0. The Morgan fingerprint density at radius 2 is 2.21 bits per heavy atom. The van der Waals surface area contributed by atoms with Gasteiger partial charge in [-0.15, -0.1) is 0 Å². The van der Waals surface area contributed by atoms with Crippen molar-refractivity contribution in [3.63, 3.8) is 0 Å². The highest BCUT2D eigenvalue weighted by molar-refractivity contribution is 5.68. The predicted molar refractivity (Wildman–Crippen MR) is 76.7 cm³/mol. The molecule has 2 rings (SSSR count). The summed E-state index contributed by atoms with van der Waals surface area (Å²) in [5.74, 6) is 0.624. The van der Waals surface area contributed by atoms with E-state index in [1.54, 1.807) is 12.3 Å². The summed E-state index contributed by atoms with van der Waals surface area (Å²) < 4.78 is 0. The van der Waals surface area contributed by atoms with Crippen LogP contribution < -0.4 is 11.1 Å². The number of anilines is 2. The van der Waals surface area contributed by atoms with Crippen LogP contribution in [0.5, 0.6) is 0 Å². The van der Waals surface area contributed by atoms with Crippen LogP contribution in [0.15, 0.2) is 12.3 Å². The Morgan fingerprint density at radius 3 is 2.84 bits per heavy atom. The molecule has 102 valence electrons. The van der Waals surface area contributed by atoms with E-state index in [1.807, 2.05) is 0 Å². The molecule has 1 aliphatic rings. The molecule has 1 aromatic heterocycles. The van der Waals surface area contributed by atoms with Crippen LogP contribution in [0.2, 0.25) is 0 Å². The van der Waals surface area contributed by atoms with E-state index in [4.69, 9.17) is 11.0 Å². The van der Waals surface area contributed by atoms with Crippen molar-refractivity contribution < 1.29 is 0 Å². The second-order valence-corrected chi connectivity index (χ2v) is 5.70. The number of aromatic nitrogens is 1. The highest BCUT2D eigenvalue weighted by Crippen LogP contribution is 2.31. The topological polar surface area (TPSA) is 78.0 Å². The SMILES string of the molecule is CN1CCC(C)(CNc2nccc(C#N)c2N)CC1. The maximum Gasteiger partial charge on any atom is 0.150 e. The standard InChI is InChI=1S/C14H21N5/c1-14(4-7-19(2)8-5-14)10-18-13-12(16)11(9-15)3-6-17-13/h3,6H,4-5,7-8,10,16H2,1-2H3,(H,17,18). The van der Waals surface area contributed by atoms with E-state index in [2.05, 4.69) is 35.2 Å². The fourth-order valence-electron chi connectivity index (χ4n) is 2.34. The first-order valence-corrected chi connectivity index (χ1v) is 6.61. The largest absolute Gasteiger partial charge is 0.395 e. The van der Waals surface area contributed by atoms with Crippen LogP contribution in [-0.4, -0.2) is 36.6 Å². The van der Waals surface area contributed by atoms with E-state index in [9.17, 15) is 0 Å². The number of nitrogen functional groups attached to an aromatic ring is 1. The first-order chi connectivity index (χ1) is 9.04. The quantitative estimate of drug-likeness (QED) is 0.863. The zero-order valence-corrected chi connectivity index (χ0v) is 11.6. The summed E-state index contributed by atoms with van der Waals surface area (Å²) in [5, 5.41) is 12.3. The molecule has 0 saturated carbocycles. The van der Waals surface area contributed by atoms with Gasteiger partial charge in [-0.2, -0.15) is 5.26 Å². The Balaban J connectivity index is 2.01. The van der Waals surface area contributed by atoms with Crippen molar-refractivity contribution >= 4 is 11.5 Å². The van der Waals surface area contributed by atoms with Crippen LogP contribution in [0.1, 0.15) is 25.3 Å². The minimum Gasteiger partial charge on any atom is -0.395 e. The van der Waals surface area contributed by atoms with Gasteiger partial charge in [0, 0.05) is 12.7 Å². The van der Waals surface area contributed by atoms with E-state index < -0.39 is 0 Å². The lowest BCUT2D eigenvalue weighted by Crippen LogP contribution is -2.40. The Labute approximate surface area is 114 Å². The van der Waals surface area contributed by atoms with Gasteiger partial charge in [0.05, 0.1) is 11.3 Å². The monoisotopic (exact) mass is 259 g/mol. The van der Waals surface area contributed by atoms with Crippen LogP contribution >= 0.6 is 0 Å². The number of hydrogen-bond donors (Lipinski definition) is 2. The molecule has 3 N–H and O–H groups in total. The number of nitrogens with zero attached hydrogens (tertiary/aromatic N) is 3. The average molecular weight is 259 g/mol. The van der Waals surface area contributed by atoms with Crippen molar-refractivity contribution in [1.82, 2.24) is 9.88 Å². The number of nitriles is 1. The molecule has 5 nitrogen and oxygen atoms in total. The van der Waals surface area contributed by atoms with Crippen LogP contribution in [0.3, 0.4) is 0 Å². The normalized spacial score (nSPS) is 18.8. The van der Waals surface area contributed by atoms with Gasteiger partial charge >= 0.3 is 0 Å². The van der Waals surface area contributed by atoms with E-state index in [0.29, 0.717) is 17.1 Å². The molecule has 19 heavy (non-hydrogen) atoms. The minimum absolute atomic E-state index is 0.267. The summed E-state index contributed by atoms with van der Waals surface area (Å²) in [6, 6.07) is 3.71. The first kappa shape index (κ1) is 13.6. The summed E-state index contributed by atoms with van der Waals surface area (Å²) in [5.41, 5.74) is 7.11. The first-order valence-electron chi connectivity index (χ1n) is 6.61. The number of nitrogens with two attached hydrogens (primary N) is 1.